The smallest absolute Gasteiger partial charge is 0.339 e. The largest absolute Gasteiger partial charge is 0.489 e. The highest BCUT2D eigenvalue weighted by atomic mass is 16.5. The van der Waals surface area contributed by atoms with Crippen molar-refractivity contribution in [2.75, 3.05) is 18.1 Å². The van der Waals surface area contributed by atoms with Gasteiger partial charge in [-0.05, 0) is 24.5 Å². The Morgan fingerprint density at radius 3 is 2.76 bits per heavy atom. The van der Waals surface area contributed by atoms with Crippen molar-refractivity contribution in [2.24, 2.45) is 11.7 Å². The van der Waals surface area contributed by atoms with E-state index in [4.69, 9.17) is 10.5 Å². The van der Waals surface area contributed by atoms with E-state index in [1.807, 2.05) is 13.8 Å². The monoisotopic (exact) mass is 292 g/mol. The first-order valence-electron chi connectivity index (χ1n) is 6.98. The van der Waals surface area contributed by atoms with Gasteiger partial charge in [0.25, 0.3) is 0 Å². The van der Waals surface area contributed by atoms with Crippen molar-refractivity contribution >= 4 is 17.6 Å². The van der Waals surface area contributed by atoms with Crippen molar-refractivity contribution in [2.45, 2.75) is 26.3 Å². The quantitative estimate of drug-likeness (QED) is 0.877. The van der Waals surface area contributed by atoms with Gasteiger partial charge < -0.3 is 20.5 Å². The van der Waals surface area contributed by atoms with Gasteiger partial charge in [0, 0.05) is 0 Å². The number of rotatable bonds is 4. The average Bonchev–Trinajstić information content (AvgIpc) is 2.44. The fourth-order valence-electron chi connectivity index (χ4n) is 2.45. The van der Waals surface area contributed by atoms with Crippen LogP contribution in [0.2, 0.25) is 0 Å². The molecule has 21 heavy (non-hydrogen) atoms. The normalized spacial score (nSPS) is 15.3. The third-order valence-electron chi connectivity index (χ3n) is 3.39. The van der Waals surface area contributed by atoms with Crippen LogP contribution in [0.5, 0.6) is 5.75 Å². The fourth-order valence-corrected chi connectivity index (χ4v) is 2.45. The van der Waals surface area contributed by atoms with Crippen molar-refractivity contribution in [3.63, 3.8) is 0 Å². The summed E-state index contributed by atoms with van der Waals surface area (Å²) in [6.07, 6.45) is 0.587. The highest BCUT2D eigenvalue weighted by Crippen LogP contribution is 2.35. The first-order valence-corrected chi connectivity index (χ1v) is 6.98. The zero-order valence-corrected chi connectivity index (χ0v) is 12.2. The van der Waals surface area contributed by atoms with Crippen molar-refractivity contribution < 1.29 is 19.4 Å². The van der Waals surface area contributed by atoms with Crippen LogP contribution in [0, 0.1) is 5.92 Å². The number of carboxylic acids is 1. The number of aromatic carboxylic acids is 1. The lowest BCUT2D eigenvalue weighted by molar-refractivity contribution is -0.120. The van der Waals surface area contributed by atoms with Crippen LogP contribution in [0.25, 0.3) is 0 Å². The molecule has 0 radical (unpaired) electrons. The van der Waals surface area contributed by atoms with E-state index in [9.17, 15) is 14.7 Å². The number of nitrogens with two attached hydrogens (primary N) is 1. The van der Waals surface area contributed by atoms with Gasteiger partial charge in [0.2, 0.25) is 5.91 Å². The van der Waals surface area contributed by atoms with Crippen LogP contribution in [-0.2, 0) is 4.79 Å². The lowest BCUT2D eigenvalue weighted by Crippen LogP contribution is -2.47. The number of ether oxygens (including phenoxy) is 1. The molecular formula is C15H20N2O4. The van der Waals surface area contributed by atoms with Crippen LogP contribution in [0.1, 0.15) is 30.6 Å². The van der Waals surface area contributed by atoms with Crippen LogP contribution in [-0.4, -0.2) is 36.2 Å². The van der Waals surface area contributed by atoms with E-state index in [1.165, 1.54) is 11.0 Å². The molecule has 6 nitrogen and oxygen atoms in total. The van der Waals surface area contributed by atoms with Gasteiger partial charge in [-0.3, -0.25) is 4.79 Å². The molecule has 1 amide bonds. The van der Waals surface area contributed by atoms with Gasteiger partial charge in [0.1, 0.15) is 12.2 Å². The molecule has 0 fully saturated rings. The lowest BCUT2D eigenvalue weighted by Gasteiger charge is -2.32. The number of para-hydroxylation sites is 1. The number of carbonyl (C=O) groups excluding carboxylic acids is 1. The SMILES string of the molecule is CC(C)C[C@H](N)C(=O)N1CCOc2c(C(=O)O)cccc21. The molecular weight excluding hydrogens is 272 g/mol. The Hall–Kier alpha value is -2.08. The number of carboxylic acid groups (broad SMARTS) is 1. The third-order valence-corrected chi connectivity index (χ3v) is 3.39. The van der Waals surface area contributed by atoms with Gasteiger partial charge in [0.15, 0.2) is 5.75 Å². The summed E-state index contributed by atoms with van der Waals surface area (Å²) in [7, 11) is 0. The predicted molar refractivity (Wildman–Crippen MR) is 78.7 cm³/mol. The van der Waals surface area contributed by atoms with E-state index in [0.29, 0.717) is 24.6 Å². The zero-order chi connectivity index (χ0) is 15.6. The number of hydrogen-bond acceptors (Lipinski definition) is 4. The van der Waals surface area contributed by atoms with E-state index in [-0.39, 0.29) is 23.8 Å². The number of anilines is 1. The molecule has 6 heteroatoms. The van der Waals surface area contributed by atoms with E-state index in [0.717, 1.165) is 0 Å². The summed E-state index contributed by atoms with van der Waals surface area (Å²) in [6.45, 7) is 4.64. The molecule has 0 aliphatic carbocycles. The second kappa shape index (κ2) is 6.13. The van der Waals surface area contributed by atoms with Gasteiger partial charge in [0.05, 0.1) is 18.3 Å². The summed E-state index contributed by atoms with van der Waals surface area (Å²) in [5.41, 5.74) is 6.49. The predicted octanol–water partition coefficient (Wildman–Crippen LogP) is 1.48. The van der Waals surface area contributed by atoms with Crippen LogP contribution in [0.3, 0.4) is 0 Å². The van der Waals surface area contributed by atoms with E-state index >= 15 is 0 Å². The Balaban J connectivity index is 2.32. The molecule has 0 saturated carbocycles. The van der Waals surface area contributed by atoms with Crippen LogP contribution in [0.15, 0.2) is 18.2 Å². The second-order valence-corrected chi connectivity index (χ2v) is 5.53. The van der Waals surface area contributed by atoms with Gasteiger partial charge >= 0.3 is 5.97 Å². The highest BCUT2D eigenvalue weighted by Gasteiger charge is 2.30. The maximum Gasteiger partial charge on any atom is 0.339 e. The molecule has 114 valence electrons. The van der Waals surface area contributed by atoms with Crippen molar-refractivity contribution in [3.05, 3.63) is 23.8 Å². The maximum absolute atomic E-state index is 12.5. The van der Waals surface area contributed by atoms with E-state index in [1.54, 1.807) is 12.1 Å². The number of benzene rings is 1. The Morgan fingerprint density at radius 2 is 2.14 bits per heavy atom. The molecule has 0 spiro atoms. The number of hydrogen-bond donors (Lipinski definition) is 2. The zero-order valence-electron chi connectivity index (χ0n) is 12.2. The topological polar surface area (TPSA) is 92.9 Å². The minimum Gasteiger partial charge on any atom is -0.489 e. The first-order chi connectivity index (χ1) is 9.91. The Kier molecular flexibility index (Phi) is 4.47. The third kappa shape index (κ3) is 3.16. The number of amides is 1. The summed E-state index contributed by atoms with van der Waals surface area (Å²) >= 11 is 0. The first kappa shape index (κ1) is 15.3. The molecule has 1 aromatic rings. The summed E-state index contributed by atoms with van der Waals surface area (Å²) in [5, 5.41) is 9.19. The van der Waals surface area contributed by atoms with Crippen LogP contribution < -0.4 is 15.4 Å². The minimum atomic E-state index is -1.08. The van der Waals surface area contributed by atoms with Gasteiger partial charge in [-0.15, -0.1) is 0 Å². The molecule has 0 unspecified atom stereocenters. The highest BCUT2D eigenvalue weighted by molar-refractivity contribution is 6.01. The van der Waals surface area contributed by atoms with Gasteiger partial charge in [-0.1, -0.05) is 19.9 Å². The summed E-state index contributed by atoms with van der Waals surface area (Å²) < 4.78 is 5.44. The van der Waals surface area contributed by atoms with Crippen LogP contribution >= 0.6 is 0 Å². The average molecular weight is 292 g/mol. The minimum absolute atomic E-state index is 0.0578. The molecule has 1 aromatic carbocycles. The molecule has 0 aromatic heterocycles. The molecule has 0 saturated heterocycles. The second-order valence-electron chi connectivity index (χ2n) is 5.53. The number of fused-ring (bicyclic) bond motifs is 1. The standard InChI is InChI=1S/C15H20N2O4/c1-9(2)8-11(16)14(18)17-6-7-21-13-10(15(19)20)4-3-5-12(13)17/h3-5,9,11H,6-8,16H2,1-2H3,(H,19,20)/t11-/m0/s1. The van der Waals surface area contributed by atoms with Crippen molar-refractivity contribution in [1.82, 2.24) is 0 Å². The fraction of sp³-hybridized carbons (Fsp3) is 0.467. The lowest BCUT2D eigenvalue weighted by atomic mass is 10.0. The summed E-state index contributed by atoms with van der Waals surface area (Å²) in [4.78, 5) is 25.2. The Bertz CT molecular complexity index is 557. The van der Waals surface area contributed by atoms with Gasteiger partial charge in [-0.2, -0.15) is 0 Å². The summed E-state index contributed by atoms with van der Waals surface area (Å²) in [6, 6.07) is 4.15. The number of nitrogens with zero attached hydrogens (tertiary/aromatic N) is 1. The summed E-state index contributed by atoms with van der Waals surface area (Å²) in [5.74, 6) is -0.723. The number of carbonyl (C=O) groups is 2. The van der Waals surface area contributed by atoms with E-state index < -0.39 is 12.0 Å². The Morgan fingerprint density at radius 1 is 1.43 bits per heavy atom. The molecule has 1 aliphatic heterocycles. The molecule has 1 heterocycles. The maximum atomic E-state index is 12.5. The van der Waals surface area contributed by atoms with Crippen molar-refractivity contribution in [1.29, 1.82) is 0 Å². The van der Waals surface area contributed by atoms with Crippen LogP contribution in [0.4, 0.5) is 5.69 Å². The molecule has 2 rings (SSSR count). The molecule has 3 N–H and O–H groups in total. The molecule has 1 aliphatic rings. The van der Waals surface area contributed by atoms with Gasteiger partial charge in [-0.25, -0.2) is 4.79 Å². The van der Waals surface area contributed by atoms with Crippen molar-refractivity contribution in [3.8, 4) is 5.75 Å². The molecule has 1 atom stereocenters. The van der Waals surface area contributed by atoms with E-state index in [2.05, 4.69) is 0 Å². The Labute approximate surface area is 123 Å². The molecule has 0 bridgehead atoms.